The molecule has 0 saturated carbocycles. The molecule has 0 bridgehead atoms. The molecule has 0 saturated heterocycles. The van der Waals surface area contributed by atoms with E-state index < -0.39 is 5.91 Å². The van der Waals surface area contributed by atoms with Crippen LogP contribution in [-0.4, -0.2) is 27.0 Å². The first-order valence-electron chi connectivity index (χ1n) is 9.48. The quantitative estimate of drug-likeness (QED) is 0.553. The molecule has 1 N–H and O–H groups in total. The smallest absolute Gasteiger partial charge is 0.283 e. The van der Waals surface area contributed by atoms with Crippen LogP contribution in [0.25, 0.3) is 6.08 Å². The molecule has 0 aromatic heterocycles. The van der Waals surface area contributed by atoms with Crippen LogP contribution in [0.5, 0.6) is 5.75 Å². The summed E-state index contributed by atoms with van der Waals surface area (Å²) in [5, 5.41) is 16.5. The summed E-state index contributed by atoms with van der Waals surface area (Å²) in [6.07, 6.45) is 1.59. The molecule has 0 unspecified atom stereocenters. The molecule has 9 heteroatoms. The summed E-state index contributed by atoms with van der Waals surface area (Å²) in [7, 11) is 0. The van der Waals surface area contributed by atoms with Crippen molar-refractivity contribution in [3.63, 3.8) is 0 Å². The Morgan fingerprint density at radius 3 is 2.61 bits per heavy atom. The third-order valence-corrected chi connectivity index (χ3v) is 6.29. The van der Waals surface area contributed by atoms with Crippen molar-refractivity contribution in [3.8, 4) is 5.75 Å². The molecule has 31 heavy (non-hydrogen) atoms. The molecular formula is C22H18Cl2N4O2S. The minimum atomic E-state index is -0.469. The van der Waals surface area contributed by atoms with Crippen LogP contribution in [0.1, 0.15) is 25.0 Å². The van der Waals surface area contributed by atoms with Crippen LogP contribution in [0.15, 0.2) is 58.1 Å². The van der Waals surface area contributed by atoms with E-state index in [0.717, 1.165) is 10.6 Å². The van der Waals surface area contributed by atoms with Gasteiger partial charge in [-0.25, -0.2) is 0 Å². The summed E-state index contributed by atoms with van der Waals surface area (Å²) in [5.74, 6) is 0.236. The zero-order valence-corrected chi connectivity index (χ0v) is 19.1. The van der Waals surface area contributed by atoms with Crippen molar-refractivity contribution in [2.45, 2.75) is 20.5 Å². The molecule has 6 nitrogen and oxygen atoms in total. The first-order chi connectivity index (χ1) is 14.8. The summed E-state index contributed by atoms with van der Waals surface area (Å²) < 4.78 is 5.79. The minimum Gasteiger partial charge on any atom is -0.487 e. The molecule has 2 aromatic rings. The highest BCUT2D eigenvalue weighted by atomic mass is 35.5. The fourth-order valence-corrected chi connectivity index (χ4v) is 4.13. The molecule has 2 aliphatic rings. The number of rotatable bonds is 5. The van der Waals surface area contributed by atoms with Crippen molar-refractivity contribution in [3.05, 3.63) is 69.2 Å². The summed E-state index contributed by atoms with van der Waals surface area (Å²) in [4.78, 5) is 16.6. The molecule has 158 valence electrons. The Morgan fingerprint density at radius 2 is 1.94 bits per heavy atom. The fourth-order valence-electron chi connectivity index (χ4n) is 2.87. The number of hydrazone groups is 1. The lowest BCUT2D eigenvalue weighted by atomic mass is 10.1. The largest absolute Gasteiger partial charge is 0.487 e. The zero-order valence-electron chi connectivity index (χ0n) is 16.7. The number of nitrogens with zero attached hydrogens (tertiary/aromatic N) is 3. The Morgan fingerprint density at radius 1 is 1.19 bits per heavy atom. The number of hydrogen-bond donors (Lipinski definition) is 1. The topological polar surface area (TPSA) is 78.1 Å². The van der Waals surface area contributed by atoms with Gasteiger partial charge in [-0.2, -0.15) is 15.1 Å². The Bertz CT molecular complexity index is 1160. The van der Waals surface area contributed by atoms with Crippen LogP contribution >= 0.6 is 35.0 Å². The van der Waals surface area contributed by atoms with Crippen LogP contribution in [-0.2, 0) is 11.4 Å². The van der Waals surface area contributed by atoms with Crippen LogP contribution < -0.4 is 4.74 Å². The van der Waals surface area contributed by atoms with E-state index in [-0.39, 0.29) is 17.3 Å². The van der Waals surface area contributed by atoms with E-state index >= 15 is 0 Å². The number of nitrogens with one attached hydrogen (secondary N) is 1. The monoisotopic (exact) mass is 472 g/mol. The van der Waals surface area contributed by atoms with Gasteiger partial charge in [0.15, 0.2) is 5.84 Å². The van der Waals surface area contributed by atoms with Crippen LogP contribution in [0.2, 0.25) is 10.0 Å². The predicted molar refractivity (Wildman–Crippen MR) is 127 cm³/mol. The van der Waals surface area contributed by atoms with Crippen LogP contribution in [0.4, 0.5) is 0 Å². The second kappa shape index (κ2) is 8.86. The summed E-state index contributed by atoms with van der Waals surface area (Å²) in [6, 6.07) is 12.6. The van der Waals surface area contributed by atoms with E-state index in [4.69, 9.17) is 33.3 Å². The maximum Gasteiger partial charge on any atom is 0.283 e. The number of ether oxygens (including phenoxy) is 1. The number of benzene rings is 2. The van der Waals surface area contributed by atoms with E-state index in [2.05, 4.69) is 10.1 Å². The molecule has 0 fully saturated rings. The number of thioether (sulfide) groups is 1. The highest BCUT2D eigenvalue weighted by molar-refractivity contribution is 8.27. The molecule has 2 aromatic carbocycles. The standard InChI is InChI=1S/C22H18Cl2N4O2S/c1-12(2)21-27-28-19(25)16(20(29)26-22(28)31-21)9-14-5-8-18(17(24)10-14)30-11-13-3-6-15(23)7-4-13/h3-10,12,25H,11H2,1-2H3. The number of amidine groups is 2. The lowest BCUT2D eigenvalue weighted by Gasteiger charge is -2.20. The Hall–Kier alpha value is -2.61. The van der Waals surface area contributed by atoms with Gasteiger partial charge in [0.2, 0.25) is 5.17 Å². The number of carbonyl (C=O) groups excluding carboxylic acids is 1. The number of carbonyl (C=O) groups is 1. The number of aliphatic imine (C=N–C) groups is 1. The molecule has 0 aliphatic carbocycles. The van der Waals surface area contributed by atoms with Crippen molar-refractivity contribution < 1.29 is 9.53 Å². The maximum absolute atomic E-state index is 12.5. The molecule has 0 spiro atoms. The highest BCUT2D eigenvalue weighted by Crippen LogP contribution is 2.32. The Balaban J connectivity index is 1.52. The Kier molecular flexibility index (Phi) is 6.18. The van der Waals surface area contributed by atoms with E-state index in [1.165, 1.54) is 16.8 Å². The molecule has 0 atom stereocenters. The van der Waals surface area contributed by atoms with Gasteiger partial charge in [-0.3, -0.25) is 10.2 Å². The first-order valence-corrected chi connectivity index (χ1v) is 11.1. The summed E-state index contributed by atoms with van der Waals surface area (Å²) in [5.41, 5.74) is 1.78. The van der Waals surface area contributed by atoms with Crippen molar-refractivity contribution in [2.75, 3.05) is 0 Å². The van der Waals surface area contributed by atoms with Crippen molar-refractivity contribution in [1.82, 2.24) is 5.01 Å². The second-order valence-electron chi connectivity index (χ2n) is 7.22. The van der Waals surface area contributed by atoms with Gasteiger partial charge in [0.05, 0.1) is 10.6 Å². The maximum atomic E-state index is 12.5. The lowest BCUT2D eigenvalue weighted by molar-refractivity contribution is -0.114. The van der Waals surface area contributed by atoms with Crippen LogP contribution in [0.3, 0.4) is 0 Å². The molecule has 2 heterocycles. The van der Waals surface area contributed by atoms with Gasteiger partial charge >= 0.3 is 0 Å². The third-order valence-electron chi connectivity index (χ3n) is 4.54. The van der Waals surface area contributed by atoms with Crippen molar-refractivity contribution in [1.29, 1.82) is 5.41 Å². The second-order valence-corrected chi connectivity index (χ2v) is 9.05. The van der Waals surface area contributed by atoms with E-state index in [9.17, 15) is 4.79 Å². The predicted octanol–water partition coefficient (Wildman–Crippen LogP) is 5.85. The normalized spacial score (nSPS) is 17.2. The number of amides is 1. The minimum absolute atomic E-state index is 0.00247. The molecule has 0 radical (unpaired) electrons. The van der Waals surface area contributed by atoms with Gasteiger partial charge in [-0.1, -0.05) is 55.2 Å². The van der Waals surface area contributed by atoms with Crippen molar-refractivity contribution in [2.24, 2.45) is 16.0 Å². The molecule has 2 aliphatic heterocycles. The zero-order chi connectivity index (χ0) is 22.1. The summed E-state index contributed by atoms with van der Waals surface area (Å²) in [6.45, 7) is 4.36. The fraction of sp³-hybridized carbons (Fsp3) is 0.182. The van der Waals surface area contributed by atoms with Crippen molar-refractivity contribution >= 4 is 63.0 Å². The lowest BCUT2D eigenvalue weighted by Crippen LogP contribution is -2.35. The first kappa shape index (κ1) is 21.6. The van der Waals surface area contributed by atoms with Gasteiger partial charge in [0.25, 0.3) is 5.91 Å². The van der Waals surface area contributed by atoms with E-state index in [0.29, 0.717) is 33.1 Å². The van der Waals surface area contributed by atoms with Gasteiger partial charge < -0.3 is 4.74 Å². The van der Waals surface area contributed by atoms with Gasteiger partial charge in [-0.15, -0.1) is 0 Å². The highest BCUT2D eigenvalue weighted by Gasteiger charge is 2.36. The molecular weight excluding hydrogens is 455 g/mol. The van der Waals surface area contributed by atoms with Gasteiger partial charge in [0, 0.05) is 10.9 Å². The average molecular weight is 473 g/mol. The average Bonchev–Trinajstić information content (AvgIpc) is 3.16. The third kappa shape index (κ3) is 4.69. The van der Waals surface area contributed by atoms with E-state index in [1.54, 1.807) is 36.4 Å². The number of halogens is 2. The van der Waals surface area contributed by atoms with Gasteiger partial charge in [-0.05, 0) is 53.2 Å². The number of fused-ring (bicyclic) bond motifs is 1. The summed E-state index contributed by atoms with van der Waals surface area (Å²) >= 11 is 13.6. The molecule has 1 amide bonds. The Labute approximate surface area is 194 Å². The number of hydrogen-bond acceptors (Lipinski definition) is 5. The SMILES string of the molecule is CC(C)C1=NN2C(=N)C(=Cc3ccc(OCc4ccc(Cl)cc4)c(Cl)c3)C(=O)N=C2S1. The van der Waals surface area contributed by atoms with Gasteiger partial charge in [0.1, 0.15) is 17.4 Å². The van der Waals surface area contributed by atoms with Crippen LogP contribution in [0, 0.1) is 11.3 Å². The molecule has 4 rings (SSSR count). The van der Waals surface area contributed by atoms with E-state index in [1.807, 2.05) is 26.0 Å².